The second kappa shape index (κ2) is 11.5. The summed E-state index contributed by atoms with van der Waals surface area (Å²) in [5.41, 5.74) is 4.44. The maximum absolute atomic E-state index is 12.1. The lowest BCUT2D eigenvalue weighted by Crippen LogP contribution is -2.24. The summed E-state index contributed by atoms with van der Waals surface area (Å²) in [6, 6.07) is 20.7. The molecule has 0 radical (unpaired) electrons. The Morgan fingerprint density at radius 1 is 1.03 bits per heavy atom. The number of halogens is 1. The lowest BCUT2D eigenvalue weighted by atomic mass is 10.1. The van der Waals surface area contributed by atoms with E-state index in [0.717, 1.165) is 5.56 Å². The first kappa shape index (κ1) is 22.8. The van der Waals surface area contributed by atoms with Crippen molar-refractivity contribution in [1.82, 2.24) is 5.43 Å². The zero-order valence-corrected chi connectivity index (χ0v) is 17.9. The van der Waals surface area contributed by atoms with Crippen LogP contribution in [-0.4, -0.2) is 24.7 Å². The highest BCUT2D eigenvalue weighted by atomic mass is 35.5. The molecule has 0 heterocycles. The van der Waals surface area contributed by atoms with E-state index in [-0.39, 0.29) is 12.5 Å². The number of hydrogen-bond donors (Lipinski definition) is 1. The van der Waals surface area contributed by atoms with Gasteiger partial charge in [0.15, 0.2) is 6.61 Å². The van der Waals surface area contributed by atoms with Crippen LogP contribution in [0.1, 0.15) is 21.5 Å². The molecule has 162 valence electrons. The standard InChI is InChI=1S/C25H21ClN2O4/c1-2-6-19-7-3-4-10-23(19)31-17-24(29)28-27-16-18-11-13-22(14-12-18)32-25(30)20-8-5-9-21(26)15-20/h2-5,7-16H,1,6,17H2,(H,28,29)/b27-16-. The monoisotopic (exact) mass is 448 g/mol. The van der Waals surface area contributed by atoms with Crippen LogP contribution in [0.15, 0.2) is 90.6 Å². The highest BCUT2D eigenvalue weighted by Crippen LogP contribution is 2.19. The average Bonchev–Trinajstić information content (AvgIpc) is 2.80. The minimum absolute atomic E-state index is 0.163. The zero-order chi connectivity index (χ0) is 22.8. The number of allylic oxidation sites excluding steroid dienone is 1. The fourth-order valence-electron chi connectivity index (χ4n) is 2.73. The molecule has 0 aliphatic rings. The lowest BCUT2D eigenvalue weighted by molar-refractivity contribution is -0.123. The Balaban J connectivity index is 1.48. The molecular weight excluding hydrogens is 428 g/mol. The van der Waals surface area contributed by atoms with Crippen LogP contribution in [0.2, 0.25) is 5.02 Å². The summed E-state index contributed by atoms with van der Waals surface area (Å²) in [4.78, 5) is 24.1. The molecule has 0 bridgehead atoms. The van der Waals surface area contributed by atoms with Crippen LogP contribution < -0.4 is 14.9 Å². The Labute approximate surface area is 191 Å². The highest BCUT2D eigenvalue weighted by Gasteiger charge is 2.09. The van der Waals surface area contributed by atoms with E-state index >= 15 is 0 Å². The van der Waals surface area contributed by atoms with Crippen LogP contribution in [0.4, 0.5) is 0 Å². The molecule has 0 saturated carbocycles. The van der Waals surface area contributed by atoms with E-state index in [2.05, 4.69) is 17.1 Å². The number of benzene rings is 3. The van der Waals surface area contributed by atoms with E-state index in [1.807, 2.05) is 18.2 Å². The minimum Gasteiger partial charge on any atom is -0.483 e. The maximum atomic E-state index is 12.1. The van der Waals surface area contributed by atoms with Gasteiger partial charge < -0.3 is 9.47 Å². The lowest BCUT2D eigenvalue weighted by Gasteiger charge is -2.09. The third-order valence-electron chi connectivity index (χ3n) is 4.25. The van der Waals surface area contributed by atoms with Crippen LogP contribution in [0, 0.1) is 0 Å². The van der Waals surface area contributed by atoms with Crippen molar-refractivity contribution in [3.8, 4) is 11.5 Å². The molecule has 0 unspecified atom stereocenters. The first-order valence-corrected chi connectivity index (χ1v) is 10.1. The predicted octanol–water partition coefficient (Wildman–Crippen LogP) is 4.82. The molecule has 0 aromatic heterocycles. The van der Waals surface area contributed by atoms with E-state index < -0.39 is 5.97 Å². The molecule has 1 N–H and O–H groups in total. The molecule has 1 amide bonds. The largest absolute Gasteiger partial charge is 0.483 e. The number of rotatable bonds is 9. The van der Waals surface area contributed by atoms with Gasteiger partial charge in [-0.05, 0) is 66.1 Å². The second-order valence-corrected chi connectivity index (χ2v) is 7.09. The molecule has 3 rings (SSSR count). The highest BCUT2D eigenvalue weighted by molar-refractivity contribution is 6.30. The molecule has 3 aromatic rings. The number of nitrogens with zero attached hydrogens (tertiary/aromatic N) is 1. The minimum atomic E-state index is -0.504. The van der Waals surface area contributed by atoms with Gasteiger partial charge in [-0.15, -0.1) is 6.58 Å². The molecule has 3 aromatic carbocycles. The molecule has 6 nitrogen and oxygen atoms in total. The first-order chi connectivity index (χ1) is 15.5. The molecule has 0 aliphatic carbocycles. The summed E-state index contributed by atoms with van der Waals surface area (Å²) < 4.78 is 10.9. The summed E-state index contributed by atoms with van der Waals surface area (Å²) in [5, 5.41) is 4.38. The number of amides is 1. The molecule has 32 heavy (non-hydrogen) atoms. The molecule has 7 heteroatoms. The topological polar surface area (TPSA) is 77.0 Å². The van der Waals surface area contributed by atoms with E-state index in [9.17, 15) is 9.59 Å². The SMILES string of the molecule is C=CCc1ccccc1OCC(=O)N/N=C\c1ccc(OC(=O)c2cccc(Cl)c2)cc1. The third kappa shape index (κ3) is 6.82. The molecule has 0 aliphatic heterocycles. The van der Waals surface area contributed by atoms with Crippen molar-refractivity contribution in [3.63, 3.8) is 0 Å². The fourth-order valence-corrected chi connectivity index (χ4v) is 2.92. The van der Waals surface area contributed by atoms with Crippen molar-refractivity contribution < 1.29 is 19.1 Å². The summed E-state index contributed by atoms with van der Waals surface area (Å²) >= 11 is 5.89. The zero-order valence-electron chi connectivity index (χ0n) is 17.2. The van der Waals surface area contributed by atoms with E-state index in [1.54, 1.807) is 54.6 Å². The van der Waals surface area contributed by atoms with Crippen LogP contribution >= 0.6 is 11.6 Å². The Morgan fingerprint density at radius 3 is 2.56 bits per heavy atom. The molecule has 0 fully saturated rings. The van der Waals surface area contributed by atoms with Gasteiger partial charge in [0.05, 0.1) is 11.8 Å². The Morgan fingerprint density at radius 2 is 1.81 bits per heavy atom. The van der Waals surface area contributed by atoms with Crippen molar-refractivity contribution in [3.05, 3.63) is 107 Å². The number of hydrazone groups is 1. The van der Waals surface area contributed by atoms with Crippen molar-refractivity contribution in [2.45, 2.75) is 6.42 Å². The number of para-hydroxylation sites is 1. The van der Waals surface area contributed by atoms with Gasteiger partial charge in [0.25, 0.3) is 5.91 Å². The first-order valence-electron chi connectivity index (χ1n) is 9.76. The van der Waals surface area contributed by atoms with Gasteiger partial charge in [0, 0.05) is 5.02 Å². The Kier molecular flexibility index (Phi) is 8.17. The molecule has 0 spiro atoms. The summed E-state index contributed by atoms with van der Waals surface area (Å²) in [5.74, 6) is 0.120. The van der Waals surface area contributed by atoms with Crippen molar-refractivity contribution in [2.75, 3.05) is 6.61 Å². The smallest absolute Gasteiger partial charge is 0.343 e. The third-order valence-corrected chi connectivity index (χ3v) is 4.48. The van der Waals surface area contributed by atoms with Gasteiger partial charge in [-0.1, -0.05) is 41.9 Å². The number of carbonyl (C=O) groups is 2. The van der Waals surface area contributed by atoms with Gasteiger partial charge in [0.2, 0.25) is 0 Å². The number of hydrogen-bond acceptors (Lipinski definition) is 5. The normalized spacial score (nSPS) is 10.5. The average molecular weight is 449 g/mol. The van der Waals surface area contributed by atoms with Crippen LogP contribution in [-0.2, 0) is 11.2 Å². The van der Waals surface area contributed by atoms with Crippen LogP contribution in [0.5, 0.6) is 11.5 Å². The van der Waals surface area contributed by atoms with Gasteiger partial charge in [-0.25, -0.2) is 10.2 Å². The van der Waals surface area contributed by atoms with E-state index in [0.29, 0.717) is 34.1 Å². The number of esters is 1. The summed E-state index contributed by atoms with van der Waals surface area (Å²) in [7, 11) is 0. The van der Waals surface area contributed by atoms with Gasteiger partial charge in [-0.3, -0.25) is 4.79 Å². The van der Waals surface area contributed by atoms with Gasteiger partial charge in [0.1, 0.15) is 11.5 Å². The Bertz CT molecular complexity index is 1130. The number of ether oxygens (including phenoxy) is 2. The van der Waals surface area contributed by atoms with Crippen LogP contribution in [0.25, 0.3) is 0 Å². The van der Waals surface area contributed by atoms with E-state index in [1.165, 1.54) is 12.3 Å². The van der Waals surface area contributed by atoms with Crippen molar-refractivity contribution in [2.24, 2.45) is 5.10 Å². The Hall–Kier alpha value is -3.90. The predicted molar refractivity (Wildman–Crippen MR) is 124 cm³/mol. The summed E-state index contributed by atoms with van der Waals surface area (Å²) in [6.07, 6.45) is 3.91. The molecule has 0 saturated heterocycles. The maximum Gasteiger partial charge on any atom is 0.343 e. The second-order valence-electron chi connectivity index (χ2n) is 6.65. The number of carbonyl (C=O) groups excluding carboxylic acids is 2. The van der Waals surface area contributed by atoms with E-state index in [4.69, 9.17) is 21.1 Å². The molecular formula is C25H21ClN2O4. The van der Waals surface area contributed by atoms with Gasteiger partial charge >= 0.3 is 5.97 Å². The number of nitrogens with one attached hydrogen (secondary N) is 1. The van der Waals surface area contributed by atoms with Crippen molar-refractivity contribution in [1.29, 1.82) is 0 Å². The fraction of sp³-hybridized carbons (Fsp3) is 0.0800. The van der Waals surface area contributed by atoms with Crippen molar-refractivity contribution >= 4 is 29.7 Å². The molecule has 0 atom stereocenters. The summed E-state index contributed by atoms with van der Waals surface area (Å²) in [6.45, 7) is 3.55. The quantitative estimate of drug-likeness (QED) is 0.167. The van der Waals surface area contributed by atoms with Gasteiger partial charge in [-0.2, -0.15) is 5.10 Å². The van der Waals surface area contributed by atoms with Crippen LogP contribution in [0.3, 0.4) is 0 Å².